The normalized spacial score (nSPS) is 11.7. The molecule has 2 aromatic heterocycles. The molecule has 3 aromatic rings. The number of thiazole rings is 1. The van der Waals surface area contributed by atoms with E-state index in [1.54, 1.807) is 30.5 Å². The maximum atomic E-state index is 12.7. The van der Waals surface area contributed by atoms with E-state index in [2.05, 4.69) is 15.4 Å². The zero-order valence-electron chi connectivity index (χ0n) is 11.5. The van der Waals surface area contributed by atoms with Crippen LogP contribution in [0.15, 0.2) is 42.7 Å². The fraction of sp³-hybridized carbons (Fsp3) is 0.143. The van der Waals surface area contributed by atoms with Gasteiger partial charge in [-0.25, -0.2) is 9.67 Å². The molecule has 1 N–H and O–H groups in total. The number of nitrogens with zero attached hydrogens (tertiary/aromatic N) is 3. The highest BCUT2D eigenvalue weighted by Crippen LogP contribution is 2.29. The van der Waals surface area contributed by atoms with E-state index < -0.39 is 11.9 Å². The van der Waals surface area contributed by atoms with Crippen LogP contribution in [0.3, 0.4) is 0 Å². The van der Waals surface area contributed by atoms with Crippen molar-refractivity contribution in [2.75, 3.05) is 5.32 Å². The summed E-state index contributed by atoms with van der Waals surface area (Å²) >= 11 is 7.11. The van der Waals surface area contributed by atoms with Crippen molar-refractivity contribution in [1.29, 1.82) is 0 Å². The maximum Gasteiger partial charge on any atom is 0.435 e. The molecule has 0 saturated heterocycles. The van der Waals surface area contributed by atoms with E-state index in [9.17, 15) is 13.2 Å². The van der Waals surface area contributed by atoms with E-state index in [-0.39, 0.29) is 0 Å². The average molecular weight is 359 g/mol. The molecule has 120 valence electrons. The summed E-state index contributed by atoms with van der Waals surface area (Å²) in [5.41, 5.74) is 0.258. The van der Waals surface area contributed by atoms with Gasteiger partial charge in [0, 0.05) is 17.3 Å². The van der Waals surface area contributed by atoms with Crippen molar-refractivity contribution < 1.29 is 13.2 Å². The molecular formula is C14H10ClF3N4S. The molecule has 2 heterocycles. The molecule has 4 nitrogen and oxygen atoms in total. The van der Waals surface area contributed by atoms with Crippen LogP contribution in [0.4, 0.5) is 18.9 Å². The lowest BCUT2D eigenvalue weighted by molar-refractivity contribution is -0.141. The number of alkyl halides is 3. The summed E-state index contributed by atoms with van der Waals surface area (Å²) in [4.78, 5) is 4.86. The van der Waals surface area contributed by atoms with Gasteiger partial charge in [-0.1, -0.05) is 23.7 Å². The molecule has 0 amide bonds. The summed E-state index contributed by atoms with van der Waals surface area (Å²) in [6.45, 7) is 0.467. The fourth-order valence-electron chi connectivity index (χ4n) is 1.98. The van der Waals surface area contributed by atoms with Crippen LogP contribution in [0.1, 0.15) is 10.6 Å². The number of hydrogen-bond donors (Lipinski definition) is 1. The second-order valence-electron chi connectivity index (χ2n) is 4.59. The lowest BCUT2D eigenvalue weighted by atomic mass is 10.2. The molecule has 0 aliphatic heterocycles. The Morgan fingerprint density at radius 1 is 1.22 bits per heavy atom. The van der Waals surface area contributed by atoms with Gasteiger partial charge in [-0.15, -0.1) is 11.3 Å². The van der Waals surface area contributed by atoms with Gasteiger partial charge in [0.25, 0.3) is 0 Å². The quantitative estimate of drug-likeness (QED) is 0.740. The number of benzene rings is 1. The minimum atomic E-state index is -4.47. The van der Waals surface area contributed by atoms with Gasteiger partial charge in [-0.05, 0) is 18.2 Å². The standard InChI is InChI=1S/C14H10ClF3N4S/c15-13-20-8-9(23-13)7-19-10-3-1-2-4-11(10)22-6-5-12(21-22)14(16,17)18/h1-6,8,19H,7H2. The average Bonchev–Trinajstić information content (AvgIpc) is 3.14. The number of anilines is 1. The molecular weight excluding hydrogens is 349 g/mol. The molecule has 1 aromatic carbocycles. The minimum Gasteiger partial charge on any atom is -0.378 e. The van der Waals surface area contributed by atoms with Crippen molar-refractivity contribution in [3.63, 3.8) is 0 Å². The fourth-order valence-corrected chi connectivity index (χ4v) is 2.90. The van der Waals surface area contributed by atoms with E-state index in [1.165, 1.54) is 22.2 Å². The molecule has 9 heteroatoms. The smallest absolute Gasteiger partial charge is 0.378 e. The summed E-state index contributed by atoms with van der Waals surface area (Å²) in [6, 6.07) is 7.93. The Bertz CT molecular complexity index is 812. The van der Waals surface area contributed by atoms with E-state index in [0.29, 0.717) is 22.4 Å². The van der Waals surface area contributed by atoms with E-state index >= 15 is 0 Å². The van der Waals surface area contributed by atoms with Crippen molar-refractivity contribution in [2.45, 2.75) is 12.7 Å². The van der Waals surface area contributed by atoms with Crippen LogP contribution < -0.4 is 5.32 Å². The highest BCUT2D eigenvalue weighted by Gasteiger charge is 2.33. The van der Waals surface area contributed by atoms with Crippen molar-refractivity contribution >= 4 is 28.6 Å². The summed E-state index contributed by atoms with van der Waals surface area (Å²) < 4.78 is 39.7. The van der Waals surface area contributed by atoms with Crippen LogP contribution >= 0.6 is 22.9 Å². The van der Waals surface area contributed by atoms with Gasteiger partial charge in [0.15, 0.2) is 10.2 Å². The molecule has 23 heavy (non-hydrogen) atoms. The van der Waals surface area contributed by atoms with E-state index in [4.69, 9.17) is 11.6 Å². The highest BCUT2D eigenvalue weighted by molar-refractivity contribution is 7.15. The maximum absolute atomic E-state index is 12.7. The number of halogens is 4. The Labute approximate surface area is 138 Å². The molecule has 0 unspecified atom stereocenters. The van der Waals surface area contributed by atoms with Crippen LogP contribution in [-0.2, 0) is 12.7 Å². The van der Waals surface area contributed by atoms with Crippen molar-refractivity contribution in [3.05, 3.63) is 57.8 Å². The van der Waals surface area contributed by atoms with Gasteiger partial charge in [0.05, 0.1) is 17.9 Å². The van der Waals surface area contributed by atoms with Crippen molar-refractivity contribution in [1.82, 2.24) is 14.8 Å². The molecule has 0 bridgehead atoms. The SMILES string of the molecule is FC(F)(F)c1ccn(-c2ccccc2NCc2cnc(Cl)s2)n1. The number of nitrogens with one attached hydrogen (secondary N) is 1. The summed E-state index contributed by atoms with van der Waals surface area (Å²) in [5.74, 6) is 0. The number of para-hydroxylation sites is 2. The van der Waals surface area contributed by atoms with Crippen LogP contribution in [0.5, 0.6) is 0 Å². The van der Waals surface area contributed by atoms with Gasteiger partial charge in [-0.2, -0.15) is 18.3 Å². The van der Waals surface area contributed by atoms with E-state index in [1.807, 2.05) is 0 Å². The highest BCUT2D eigenvalue weighted by atomic mass is 35.5. The Balaban J connectivity index is 1.84. The van der Waals surface area contributed by atoms with Gasteiger partial charge < -0.3 is 5.32 Å². The molecule has 0 atom stereocenters. The third kappa shape index (κ3) is 3.65. The minimum absolute atomic E-state index is 0.442. The van der Waals surface area contributed by atoms with Gasteiger partial charge in [-0.3, -0.25) is 0 Å². The molecule has 3 rings (SSSR count). The first-order chi connectivity index (χ1) is 10.9. The summed E-state index contributed by atoms with van der Waals surface area (Å²) in [6.07, 6.45) is -1.53. The zero-order valence-corrected chi connectivity index (χ0v) is 13.1. The molecule has 0 aliphatic rings. The van der Waals surface area contributed by atoms with Crippen molar-refractivity contribution in [2.24, 2.45) is 0 Å². The van der Waals surface area contributed by atoms with Crippen molar-refractivity contribution in [3.8, 4) is 5.69 Å². The Kier molecular flexibility index (Phi) is 4.27. The first-order valence-electron chi connectivity index (χ1n) is 6.50. The molecule has 0 radical (unpaired) electrons. The predicted molar refractivity (Wildman–Crippen MR) is 83.0 cm³/mol. The monoisotopic (exact) mass is 358 g/mol. The Morgan fingerprint density at radius 3 is 2.65 bits per heavy atom. The first kappa shape index (κ1) is 15.8. The zero-order chi connectivity index (χ0) is 16.4. The molecule has 0 fully saturated rings. The second kappa shape index (κ2) is 6.21. The molecule has 0 saturated carbocycles. The third-order valence-electron chi connectivity index (χ3n) is 3.01. The van der Waals surface area contributed by atoms with Crippen LogP contribution in [0, 0.1) is 0 Å². The van der Waals surface area contributed by atoms with Gasteiger partial charge in [0.2, 0.25) is 0 Å². The van der Waals surface area contributed by atoms with Crippen LogP contribution in [0.2, 0.25) is 4.47 Å². The van der Waals surface area contributed by atoms with Gasteiger partial charge >= 0.3 is 6.18 Å². The predicted octanol–water partition coefficient (Wildman–Crippen LogP) is 4.61. The Hall–Kier alpha value is -2.06. The second-order valence-corrected chi connectivity index (χ2v) is 6.29. The summed E-state index contributed by atoms with van der Waals surface area (Å²) in [7, 11) is 0. The third-order valence-corrected chi connectivity index (χ3v) is 4.12. The lowest BCUT2D eigenvalue weighted by Crippen LogP contribution is -2.08. The summed E-state index contributed by atoms with van der Waals surface area (Å²) in [5, 5.41) is 6.75. The first-order valence-corrected chi connectivity index (χ1v) is 7.69. The van der Waals surface area contributed by atoms with Crippen LogP contribution in [0.25, 0.3) is 5.69 Å². The number of hydrogen-bond acceptors (Lipinski definition) is 4. The number of rotatable bonds is 4. The van der Waals surface area contributed by atoms with Crippen LogP contribution in [-0.4, -0.2) is 14.8 Å². The van der Waals surface area contributed by atoms with E-state index in [0.717, 1.165) is 10.9 Å². The molecule has 0 spiro atoms. The number of aromatic nitrogens is 3. The largest absolute Gasteiger partial charge is 0.435 e. The topological polar surface area (TPSA) is 42.7 Å². The molecule has 0 aliphatic carbocycles. The van der Waals surface area contributed by atoms with Gasteiger partial charge in [0.1, 0.15) is 0 Å². The Morgan fingerprint density at radius 2 is 2.00 bits per heavy atom. The lowest BCUT2D eigenvalue weighted by Gasteiger charge is -2.11.